The van der Waals surface area contributed by atoms with Gasteiger partial charge in [0.2, 0.25) is 0 Å². The van der Waals surface area contributed by atoms with Crippen molar-refractivity contribution in [2.75, 3.05) is 5.75 Å². The summed E-state index contributed by atoms with van der Waals surface area (Å²) in [6.07, 6.45) is 0.885. The van der Waals surface area contributed by atoms with Crippen LogP contribution in [0.1, 0.15) is 26.3 Å². The zero-order chi connectivity index (χ0) is 15.2. The van der Waals surface area contributed by atoms with E-state index in [1.54, 1.807) is 34.8 Å². The Labute approximate surface area is 140 Å². The van der Waals surface area contributed by atoms with Crippen molar-refractivity contribution in [1.29, 1.82) is 0 Å². The van der Waals surface area contributed by atoms with Gasteiger partial charge < -0.3 is 3.07 Å². The molecule has 1 unspecified atom stereocenters. The Balaban J connectivity index is 2.79. The Morgan fingerprint density at radius 1 is 1.35 bits per heavy atom. The minimum atomic E-state index is -0.199. The largest absolute Gasteiger partial charge is 0.394 e. The maximum atomic E-state index is 11.4. The molecule has 110 valence electrons. The lowest BCUT2D eigenvalue weighted by Crippen LogP contribution is -2.22. The van der Waals surface area contributed by atoms with Crippen LogP contribution in [-0.2, 0) is 14.3 Å². The molecule has 0 heterocycles. The number of hydrogen-bond donors (Lipinski definition) is 0. The number of hydrogen-bond acceptors (Lipinski definition) is 3. The lowest BCUT2D eigenvalue weighted by Gasteiger charge is -2.29. The first kappa shape index (κ1) is 17.6. The van der Waals surface area contributed by atoms with E-state index in [0.29, 0.717) is 5.75 Å². The number of carbonyl (C=O) groups excluding carboxylic acids is 1. The first-order valence-electron chi connectivity index (χ1n) is 6.51. The predicted octanol–water partition coefficient (Wildman–Crippen LogP) is 4.83. The Bertz CT molecular complexity index is 451. The minimum Gasteiger partial charge on any atom is -0.394 e. The molecule has 0 saturated carbocycles. The molecule has 0 aliphatic heterocycles. The highest BCUT2D eigenvalue weighted by atomic mass is 127. The summed E-state index contributed by atoms with van der Waals surface area (Å²) in [5, 5.41) is 0.216. The Hall–Kier alpha value is -0.490. The number of rotatable bonds is 6. The standard InChI is InChI=1S/C16H21IO2S/c1-12(16(2,3)4)14(20-11-15(18)19-17)10-13-8-6-5-7-9-13/h5-9,14H,1,10-11H2,2-4H3. The number of benzene rings is 1. The highest BCUT2D eigenvalue weighted by Gasteiger charge is 2.25. The molecule has 1 atom stereocenters. The summed E-state index contributed by atoms with van der Waals surface area (Å²) in [6.45, 7) is 10.7. The van der Waals surface area contributed by atoms with Gasteiger partial charge in [-0.05, 0) is 17.4 Å². The third kappa shape index (κ3) is 5.87. The van der Waals surface area contributed by atoms with Gasteiger partial charge in [-0.3, -0.25) is 4.79 Å². The molecular formula is C16H21IO2S. The Morgan fingerprint density at radius 3 is 2.45 bits per heavy atom. The van der Waals surface area contributed by atoms with Crippen LogP contribution in [0.2, 0.25) is 0 Å². The van der Waals surface area contributed by atoms with Crippen LogP contribution < -0.4 is 0 Å². The van der Waals surface area contributed by atoms with E-state index in [4.69, 9.17) is 3.07 Å². The highest BCUT2D eigenvalue weighted by Crippen LogP contribution is 2.34. The van der Waals surface area contributed by atoms with Crippen LogP contribution in [-0.4, -0.2) is 17.0 Å². The second-order valence-corrected chi connectivity index (χ2v) is 7.35. The molecule has 0 aliphatic rings. The van der Waals surface area contributed by atoms with Gasteiger partial charge in [0, 0.05) is 5.25 Å². The monoisotopic (exact) mass is 404 g/mol. The van der Waals surface area contributed by atoms with Gasteiger partial charge >= 0.3 is 5.97 Å². The molecule has 0 bridgehead atoms. The molecule has 1 rings (SSSR count). The van der Waals surface area contributed by atoms with Crippen LogP contribution in [0.15, 0.2) is 42.5 Å². The van der Waals surface area contributed by atoms with Gasteiger partial charge in [-0.2, -0.15) is 0 Å². The molecule has 0 N–H and O–H groups in total. The molecule has 4 heteroatoms. The maximum Gasteiger partial charge on any atom is 0.325 e. The molecule has 1 aromatic carbocycles. The van der Waals surface area contributed by atoms with Gasteiger partial charge in [-0.15, -0.1) is 11.8 Å². The summed E-state index contributed by atoms with van der Waals surface area (Å²) >= 11 is 3.24. The quantitative estimate of drug-likeness (QED) is 0.502. The molecule has 0 spiro atoms. The molecule has 1 aromatic rings. The molecule has 20 heavy (non-hydrogen) atoms. The third-order valence-electron chi connectivity index (χ3n) is 3.10. The van der Waals surface area contributed by atoms with E-state index in [0.717, 1.165) is 12.0 Å². The predicted molar refractivity (Wildman–Crippen MR) is 95.1 cm³/mol. The van der Waals surface area contributed by atoms with Crippen molar-refractivity contribution in [1.82, 2.24) is 0 Å². The summed E-state index contributed by atoms with van der Waals surface area (Å²) in [4.78, 5) is 11.4. The number of halogens is 1. The van der Waals surface area contributed by atoms with E-state index >= 15 is 0 Å². The van der Waals surface area contributed by atoms with Gasteiger partial charge in [0.1, 0.15) is 0 Å². The molecule has 0 radical (unpaired) electrons. The average molecular weight is 404 g/mol. The van der Waals surface area contributed by atoms with Crippen LogP contribution in [0.3, 0.4) is 0 Å². The maximum absolute atomic E-state index is 11.4. The third-order valence-corrected chi connectivity index (χ3v) is 4.85. The minimum absolute atomic E-state index is 0.0284. The van der Waals surface area contributed by atoms with Gasteiger partial charge in [0.25, 0.3) is 0 Å². The van der Waals surface area contributed by atoms with Crippen LogP contribution in [0.5, 0.6) is 0 Å². The normalized spacial score (nSPS) is 12.8. The SMILES string of the molecule is C=C(C(Cc1ccccc1)SCC(=O)OI)C(C)(C)C. The fraction of sp³-hybridized carbons (Fsp3) is 0.438. The van der Waals surface area contributed by atoms with E-state index in [2.05, 4.69) is 39.5 Å². The summed E-state index contributed by atoms with van der Waals surface area (Å²) in [5.41, 5.74) is 2.45. The van der Waals surface area contributed by atoms with E-state index in [1.165, 1.54) is 5.56 Å². The molecule has 0 amide bonds. The lowest BCUT2D eigenvalue weighted by molar-refractivity contribution is -0.128. The van der Waals surface area contributed by atoms with Crippen LogP contribution >= 0.6 is 34.8 Å². The van der Waals surface area contributed by atoms with Gasteiger partial charge in [-0.1, -0.05) is 63.3 Å². The van der Waals surface area contributed by atoms with Crippen molar-refractivity contribution in [3.63, 3.8) is 0 Å². The molecule has 0 aromatic heterocycles. The highest BCUT2D eigenvalue weighted by molar-refractivity contribution is 14.1. The van der Waals surface area contributed by atoms with E-state index in [9.17, 15) is 4.79 Å². The molecule has 0 saturated heterocycles. The van der Waals surface area contributed by atoms with Crippen LogP contribution in [0, 0.1) is 5.41 Å². The number of carbonyl (C=O) groups is 1. The summed E-state index contributed by atoms with van der Waals surface area (Å²) in [7, 11) is 0. The fourth-order valence-electron chi connectivity index (χ4n) is 1.78. The van der Waals surface area contributed by atoms with Gasteiger partial charge in [0.05, 0.1) is 5.75 Å². The molecule has 2 nitrogen and oxygen atoms in total. The van der Waals surface area contributed by atoms with Crippen molar-refractivity contribution < 1.29 is 7.86 Å². The topological polar surface area (TPSA) is 26.3 Å². The van der Waals surface area contributed by atoms with E-state index < -0.39 is 0 Å². The number of thioether (sulfide) groups is 1. The lowest BCUT2D eigenvalue weighted by atomic mass is 9.84. The summed E-state index contributed by atoms with van der Waals surface area (Å²) < 4.78 is 4.70. The molecule has 0 aliphatic carbocycles. The van der Waals surface area contributed by atoms with Crippen molar-refractivity contribution in [3.05, 3.63) is 48.0 Å². The molecular weight excluding hydrogens is 383 g/mol. The van der Waals surface area contributed by atoms with Crippen molar-refractivity contribution in [3.8, 4) is 0 Å². The van der Waals surface area contributed by atoms with Crippen molar-refractivity contribution >= 4 is 40.7 Å². The van der Waals surface area contributed by atoms with Crippen LogP contribution in [0.4, 0.5) is 0 Å². The van der Waals surface area contributed by atoms with Crippen molar-refractivity contribution in [2.24, 2.45) is 5.41 Å². The van der Waals surface area contributed by atoms with Gasteiger partial charge in [-0.25, -0.2) is 0 Å². The van der Waals surface area contributed by atoms with Crippen LogP contribution in [0.25, 0.3) is 0 Å². The average Bonchev–Trinajstić information content (AvgIpc) is 2.42. The van der Waals surface area contributed by atoms with E-state index in [1.807, 2.05) is 18.2 Å². The van der Waals surface area contributed by atoms with E-state index in [-0.39, 0.29) is 16.6 Å². The zero-order valence-electron chi connectivity index (χ0n) is 12.2. The summed E-state index contributed by atoms with van der Waals surface area (Å²) in [6, 6.07) is 10.3. The second-order valence-electron chi connectivity index (χ2n) is 5.71. The zero-order valence-corrected chi connectivity index (χ0v) is 15.2. The Morgan fingerprint density at radius 2 is 1.95 bits per heavy atom. The fourth-order valence-corrected chi connectivity index (χ4v) is 3.41. The smallest absolute Gasteiger partial charge is 0.325 e. The first-order chi connectivity index (χ1) is 9.34. The second kappa shape index (κ2) is 8.08. The summed E-state index contributed by atoms with van der Waals surface area (Å²) in [5.74, 6) is 0.158. The Kier molecular flexibility index (Phi) is 7.09. The van der Waals surface area contributed by atoms with Crippen molar-refractivity contribution in [2.45, 2.75) is 32.4 Å². The first-order valence-corrected chi connectivity index (χ1v) is 8.43. The van der Waals surface area contributed by atoms with Gasteiger partial charge in [0.15, 0.2) is 23.0 Å². The molecule has 0 fully saturated rings.